The molecule has 2 N–H and O–H groups in total. The number of aliphatic hydroxyl groups is 1. The van der Waals surface area contributed by atoms with Gasteiger partial charge in [-0.25, -0.2) is 0 Å². The summed E-state index contributed by atoms with van der Waals surface area (Å²) in [5.41, 5.74) is 2.12. The van der Waals surface area contributed by atoms with Gasteiger partial charge in [-0.3, -0.25) is 19.7 Å². The van der Waals surface area contributed by atoms with E-state index in [0.29, 0.717) is 31.7 Å². The summed E-state index contributed by atoms with van der Waals surface area (Å²) in [4.78, 5) is 37.8. The fourth-order valence-electron chi connectivity index (χ4n) is 3.45. The van der Waals surface area contributed by atoms with Gasteiger partial charge in [-0.15, -0.1) is 0 Å². The third kappa shape index (κ3) is 4.58. The number of amides is 3. The Hall–Kier alpha value is -2.69. The largest absolute Gasteiger partial charge is 0.396 e. The van der Waals surface area contributed by atoms with Gasteiger partial charge in [0.2, 0.25) is 11.8 Å². The smallest absolute Gasteiger partial charge is 0.255 e. The zero-order valence-electron chi connectivity index (χ0n) is 15.7. The maximum absolute atomic E-state index is 12.7. The zero-order valence-corrected chi connectivity index (χ0v) is 15.7. The molecule has 2 aliphatic heterocycles. The molecule has 0 aromatic heterocycles. The van der Waals surface area contributed by atoms with Crippen molar-refractivity contribution in [3.63, 3.8) is 0 Å². The molecule has 2 heterocycles. The van der Waals surface area contributed by atoms with Gasteiger partial charge in [0.15, 0.2) is 0 Å². The lowest BCUT2D eigenvalue weighted by atomic mass is 10.0. The Morgan fingerprint density at radius 3 is 2.86 bits per heavy atom. The topological polar surface area (TPSA) is 95.9 Å². The van der Waals surface area contributed by atoms with Crippen molar-refractivity contribution in [3.8, 4) is 11.8 Å². The second-order valence-corrected chi connectivity index (χ2v) is 6.87. The van der Waals surface area contributed by atoms with E-state index < -0.39 is 11.9 Å². The van der Waals surface area contributed by atoms with E-state index in [1.54, 1.807) is 12.1 Å². The first kappa shape index (κ1) is 20.1. The van der Waals surface area contributed by atoms with E-state index in [-0.39, 0.29) is 24.8 Å². The molecule has 148 valence electrons. The molecule has 28 heavy (non-hydrogen) atoms. The van der Waals surface area contributed by atoms with Crippen LogP contribution in [-0.2, 0) is 20.9 Å². The average Bonchev–Trinajstić information content (AvgIpc) is 3.01. The molecular formula is C21H24N2O5. The molecule has 7 nitrogen and oxygen atoms in total. The van der Waals surface area contributed by atoms with Crippen LogP contribution in [-0.4, -0.2) is 53.6 Å². The SMILES string of the molecule is O=C1CCC(N2Cc3c(C#CCOCCCCCO)cccc3C2=O)C(=O)N1. The second-order valence-electron chi connectivity index (χ2n) is 6.87. The first-order chi connectivity index (χ1) is 13.6. The number of carbonyl (C=O) groups excluding carboxylic acids is 3. The van der Waals surface area contributed by atoms with Gasteiger partial charge < -0.3 is 14.7 Å². The monoisotopic (exact) mass is 384 g/mol. The van der Waals surface area contributed by atoms with Crippen LogP contribution in [0.3, 0.4) is 0 Å². The van der Waals surface area contributed by atoms with Gasteiger partial charge in [0.25, 0.3) is 5.91 Å². The lowest BCUT2D eigenvalue weighted by Gasteiger charge is -2.29. The van der Waals surface area contributed by atoms with Crippen LogP contribution in [0, 0.1) is 11.8 Å². The van der Waals surface area contributed by atoms with Gasteiger partial charge in [0.05, 0.1) is 0 Å². The van der Waals surface area contributed by atoms with Crippen molar-refractivity contribution in [1.29, 1.82) is 0 Å². The number of nitrogens with zero attached hydrogens (tertiary/aromatic N) is 1. The highest BCUT2D eigenvalue weighted by Crippen LogP contribution is 2.29. The van der Waals surface area contributed by atoms with E-state index in [9.17, 15) is 14.4 Å². The van der Waals surface area contributed by atoms with Crippen LogP contribution >= 0.6 is 0 Å². The zero-order chi connectivity index (χ0) is 19.9. The summed E-state index contributed by atoms with van der Waals surface area (Å²) in [5.74, 6) is 5.12. The Morgan fingerprint density at radius 2 is 2.07 bits per heavy atom. The van der Waals surface area contributed by atoms with Crippen LogP contribution < -0.4 is 5.32 Å². The summed E-state index contributed by atoms with van der Waals surface area (Å²) in [6.45, 7) is 1.41. The summed E-state index contributed by atoms with van der Waals surface area (Å²) in [7, 11) is 0. The number of carbonyl (C=O) groups is 3. The number of unbranched alkanes of at least 4 members (excludes halogenated alkanes) is 2. The summed E-state index contributed by atoms with van der Waals surface area (Å²) >= 11 is 0. The number of hydrogen-bond donors (Lipinski definition) is 2. The first-order valence-corrected chi connectivity index (χ1v) is 9.56. The van der Waals surface area contributed by atoms with Crippen molar-refractivity contribution in [2.24, 2.45) is 0 Å². The van der Waals surface area contributed by atoms with Crippen molar-refractivity contribution in [2.45, 2.75) is 44.7 Å². The molecule has 2 aliphatic rings. The first-order valence-electron chi connectivity index (χ1n) is 9.56. The van der Waals surface area contributed by atoms with Crippen molar-refractivity contribution < 1.29 is 24.2 Å². The Bertz CT molecular complexity index is 824. The number of piperidine rings is 1. The fraction of sp³-hybridized carbons (Fsp3) is 0.476. The fourth-order valence-corrected chi connectivity index (χ4v) is 3.45. The van der Waals surface area contributed by atoms with E-state index in [2.05, 4.69) is 17.2 Å². The molecule has 3 rings (SSSR count). The number of benzene rings is 1. The minimum Gasteiger partial charge on any atom is -0.396 e. The Morgan fingerprint density at radius 1 is 1.21 bits per heavy atom. The predicted molar refractivity (Wildman–Crippen MR) is 101 cm³/mol. The number of fused-ring (bicyclic) bond motifs is 1. The van der Waals surface area contributed by atoms with Crippen LogP contribution in [0.15, 0.2) is 18.2 Å². The summed E-state index contributed by atoms with van der Waals surface area (Å²) in [6, 6.07) is 4.76. The van der Waals surface area contributed by atoms with Crippen LogP contribution in [0.4, 0.5) is 0 Å². The molecule has 1 atom stereocenters. The molecular weight excluding hydrogens is 360 g/mol. The summed E-state index contributed by atoms with van der Waals surface area (Å²) < 4.78 is 5.47. The summed E-state index contributed by atoms with van der Waals surface area (Å²) in [5, 5.41) is 11.0. The van der Waals surface area contributed by atoms with Gasteiger partial charge in [-0.1, -0.05) is 17.9 Å². The molecule has 3 amide bonds. The van der Waals surface area contributed by atoms with Gasteiger partial charge in [0, 0.05) is 37.3 Å². The van der Waals surface area contributed by atoms with Crippen LogP contribution in [0.1, 0.15) is 53.6 Å². The highest BCUT2D eigenvalue weighted by atomic mass is 16.5. The molecule has 0 saturated carbocycles. The standard InChI is InChI=1S/C21H24N2O5/c24-11-2-1-3-12-28-13-5-7-15-6-4-8-16-17(15)14-23(21(16)27)18-9-10-19(25)22-20(18)26/h4,6,8,18,24H,1-3,9-14H2,(H,22,25,26). The van der Waals surface area contributed by atoms with Gasteiger partial charge in [0.1, 0.15) is 12.6 Å². The lowest BCUT2D eigenvalue weighted by Crippen LogP contribution is -2.52. The van der Waals surface area contributed by atoms with E-state index in [1.807, 2.05) is 6.07 Å². The number of aliphatic hydroxyl groups excluding tert-OH is 1. The number of hydrogen-bond acceptors (Lipinski definition) is 5. The molecule has 0 bridgehead atoms. The number of rotatable bonds is 7. The van der Waals surface area contributed by atoms with E-state index in [0.717, 1.165) is 30.4 Å². The molecule has 1 aromatic rings. The molecule has 1 fully saturated rings. The molecule has 7 heteroatoms. The second kappa shape index (κ2) is 9.49. The predicted octanol–water partition coefficient (Wildman–Crippen LogP) is 0.978. The number of nitrogens with one attached hydrogen (secondary N) is 1. The average molecular weight is 384 g/mol. The third-order valence-electron chi connectivity index (χ3n) is 4.93. The molecule has 1 unspecified atom stereocenters. The quantitative estimate of drug-likeness (QED) is 0.415. The molecule has 1 aromatic carbocycles. The maximum Gasteiger partial charge on any atom is 0.255 e. The van der Waals surface area contributed by atoms with Crippen LogP contribution in [0.2, 0.25) is 0 Å². The number of imide groups is 1. The van der Waals surface area contributed by atoms with Gasteiger partial charge in [-0.05, 0) is 43.4 Å². The summed E-state index contributed by atoms with van der Waals surface area (Å²) in [6.07, 6.45) is 3.17. The van der Waals surface area contributed by atoms with Gasteiger partial charge >= 0.3 is 0 Å². The highest BCUT2D eigenvalue weighted by Gasteiger charge is 2.39. The van der Waals surface area contributed by atoms with Crippen molar-refractivity contribution >= 4 is 17.7 Å². The van der Waals surface area contributed by atoms with Crippen molar-refractivity contribution in [3.05, 3.63) is 34.9 Å². The Labute approximate surface area is 164 Å². The Balaban J connectivity index is 1.62. The lowest BCUT2D eigenvalue weighted by molar-refractivity contribution is -0.136. The molecule has 0 radical (unpaired) electrons. The van der Waals surface area contributed by atoms with Gasteiger partial charge in [-0.2, -0.15) is 0 Å². The third-order valence-corrected chi connectivity index (χ3v) is 4.93. The Kier molecular flexibility index (Phi) is 6.80. The minimum atomic E-state index is -0.624. The van der Waals surface area contributed by atoms with Crippen LogP contribution in [0.5, 0.6) is 0 Å². The molecule has 1 saturated heterocycles. The number of ether oxygens (including phenoxy) is 1. The molecule has 0 aliphatic carbocycles. The van der Waals surface area contributed by atoms with Crippen molar-refractivity contribution in [2.75, 3.05) is 19.8 Å². The maximum atomic E-state index is 12.7. The van der Waals surface area contributed by atoms with Crippen molar-refractivity contribution in [1.82, 2.24) is 10.2 Å². The highest BCUT2D eigenvalue weighted by molar-refractivity contribution is 6.05. The van der Waals surface area contributed by atoms with Crippen LogP contribution in [0.25, 0.3) is 0 Å². The van der Waals surface area contributed by atoms with E-state index >= 15 is 0 Å². The van der Waals surface area contributed by atoms with E-state index in [1.165, 1.54) is 4.90 Å². The molecule has 0 spiro atoms. The normalized spacial score (nSPS) is 18.5. The van der Waals surface area contributed by atoms with E-state index in [4.69, 9.17) is 9.84 Å². The minimum absolute atomic E-state index is 0.201.